The van der Waals surface area contributed by atoms with Crippen molar-refractivity contribution < 1.29 is 0 Å². The third kappa shape index (κ3) is 2.97. The van der Waals surface area contributed by atoms with Gasteiger partial charge in [0.1, 0.15) is 11.6 Å². The predicted octanol–water partition coefficient (Wildman–Crippen LogP) is 1.91. The van der Waals surface area contributed by atoms with E-state index in [0.29, 0.717) is 12.5 Å². The van der Waals surface area contributed by atoms with Crippen molar-refractivity contribution in [3.63, 3.8) is 0 Å². The smallest absolute Gasteiger partial charge is 0.267 e. The molecule has 0 aromatic carbocycles. The second-order valence-corrected chi connectivity index (χ2v) is 7.60. The molecule has 0 unspecified atom stereocenters. The van der Waals surface area contributed by atoms with Crippen molar-refractivity contribution >= 4 is 16.7 Å². The van der Waals surface area contributed by atoms with Gasteiger partial charge in [0.25, 0.3) is 5.56 Å². The maximum absolute atomic E-state index is 12.4. The van der Waals surface area contributed by atoms with Gasteiger partial charge >= 0.3 is 0 Å². The highest BCUT2D eigenvalue weighted by molar-refractivity contribution is 5.89. The van der Waals surface area contributed by atoms with Gasteiger partial charge in [-0.3, -0.25) is 9.78 Å². The molecule has 4 heterocycles. The molecule has 27 heavy (non-hydrogen) atoms. The van der Waals surface area contributed by atoms with E-state index in [-0.39, 0.29) is 5.56 Å². The Morgan fingerprint density at radius 3 is 2.93 bits per heavy atom. The molecule has 2 aliphatic rings. The van der Waals surface area contributed by atoms with Crippen LogP contribution >= 0.6 is 0 Å². The predicted molar refractivity (Wildman–Crippen MR) is 103 cm³/mol. The van der Waals surface area contributed by atoms with Gasteiger partial charge in [0, 0.05) is 36.7 Å². The van der Waals surface area contributed by atoms with Crippen molar-refractivity contribution in [1.82, 2.24) is 24.7 Å². The van der Waals surface area contributed by atoms with Gasteiger partial charge in [0.05, 0.1) is 24.0 Å². The van der Waals surface area contributed by atoms with Crippen LogP contribution in [0.1, 0.15) is 29.9 Å². The summed E-state index contributed by atoms with van der Waals surface area (Å²) < 4.78 is 1.67. The van der Waals surface area contributed by atoms with Gasteiger partial charge in [-0.05, 0) is 44.2 Å². The number of hydrogen-bond acceptors (Lipinski definition) is 6. The van der Waals surface area contributed by atoms with E-state index < -0.39 is 0 Å². The molecular formula is C20H22N6O. The van der Waals surface area contributed by atoms with Gasteiger partial charge in [-0.15, -0.1) is 0 Å². The Balaban J connectivity index is 1.34. The van der Waals surface area contributed by atoms with Crippen molar-refractivity contribution in [2.24, 2.45) is 5.92 Å². The lowest BCUT2D eigenvalue weighted by Gasteiger charge is -2.40. The van der Waals surface area contributed by atoms with Crippen molar-refractivity contribution in [2.75, 3.05) is 18.0 Å². The Bertz CT molecular complexity index is 1070. The van der Waals surface area contributed by atoms with Crippen LogP contribution in [0.5, 0.6) is 0 Å². The Morgan fingerprint density at radius 2 is 2.04 bits per heavy atom. The molecule has 1 fully saturated rings. The average Bonchev–Trinajstić information content (AvgIpc) is 2.64. The normalized spacial score (nSPS) is 17.0. The van der Waals surface area contributed by atoms with Crippen LogP contribution in [-0.2, 0) is 19.4 Å². The molecule has 0 N–H and O–H groups in total. The van der Waals surface area contributed by atoms with Crippen molar-refractivity contribution in [2.45, 2.75) is 39.2 Å². The lowest BCUT2D eigenvalue weighted by molar-refractivity contribution is 0.330. The van der Waals surface area contributed by atoms with Crippen LogP contribution in [0.4, 0.5) is 5.82 Å². The highest BCUT2D eigenvalue weighted by atomic mass is 16.1. The number of fused-ring (bicyclic) bond motifs is 2. The highest BCUT2D eigenvalue weighted by Gasteiger charge is 2.30. The van der Waals surface area contributed by atoms with Crippen molar-refractivity contribution in [3.05, 3.63) is 52.0 Å². The molecule has 7 heteroatoms. The van der Waals surface area contributed by atoms with E-state index in [4.69, 9.17) is 0 Å². The first-order valence-electron chi connectivity index (χ1n) is 9.60. The van der Waals surface area contributed by atoms with Gasteiger partial charge in [-0.1, -0.05) is 0 Å². The summed E-state index contributed by atoms with van der Waals surface area (Å²) in [6.45, 7) is 4.33. The number of nitrogens with zero attached hydrogens (tertiary/aromatic N) is 6. The molecule has 0 spiro atoms. The van der Waals surface area contributed by atoms with Gasteiger partial charge in [0.2, 0.25) is 0 Å². The summed E-state index contributed by atoms with van der Waals surface area (Å²) in [4.78, 5) is 27.9. The summed E-state index contributed by atoms with van der Waals surface area (Å²) in [5.41, 5.74) is 3.16. The monoisotopic (exact) mass is 362 g/mol. The van der Waals surface area contributed by atoms with Gasteiger partial charge in [-0.2, -0.15) is 5.10 Å². The number of hydrogen-bond donors (Lipinski definition) is 0. The molecular weight excluding hydrogens is 340 g/mol. The SMILES string of the molecule is Cc1nc(N2CC(Cn3nc4c(cc3=O)CCCC4)C2)c2ccncc2n1. The van der Waals surface area contributed by atoms with Crippen molar-refractivity contribution in [3.8, 4) is 0 Å². The zero-order chi connectivity index (χ0) is 18.4. The summed E-state index contributed by atoms with van der Waals surface area (Å²) in [6, 6.07) is 3.76. The molecule has 0 saturated carbocycles. The van der Waals surface area contributed by atoms with Crippen LogP contribution in [0, 0.1) is 12.8 Å². The molecule has 0 radical (unpaired) electrons. The molecule has 0 atom stereocenters. The maximum atomic E-state index is 12.4. The van der Waals surface area contributed by atoms with Crippen LogP contribution in [0.25, 0.3) is 10.9 Å². The number of aromatic nitrogens is 5. The lowest BCUT2D eigenvalue weighted by atomic mass is 9.96. The first-order valence-corrected chi connectivity index (χ1v) is 9.60. The largest absolute Gasteiger partial charge is 0.355 e. The van der Waals surface area contributed by atoms with Crippen LogP contribution in [0.2, 0.25) is 0 Å². The van der Waals surface area contributed by atoms with E-state index in [9.17, 15) is 4.79 Å². The molecule has 1 aliphatic heterocycles. The third-order valence-electron chi connectivity index (χ3n) is 5.55. The Labute approximate surface area is 157 Å². The minimum atomic E-state index is 0.0310. The first-order chi connectivity index (χ1) is 13.2. The molecule has 5 rings (SSSR count). The Hall–Kier alpha value is -2.83. The minimum Gasteiger partial charge on any atom is -0.355 e. The fourth-order valence-electron chi connectivity index (χ4n) is 4.15. The van der Waals surface area contributed by atoms with E-state index in [2.05, 4.69) is 25.0 Å². The summed E-state index contributed by atoms with van der Waals surface area (Å²) in [5.74, 6) is 2.12. The number of aryl methyl sites for hydroxylation is 3. The number of anilines is 1. The van der Waals surface area contributed by atoms with Gasteiger partial charge in [0.15, 0.2) is 0 Å². The quantitative estimate of drug-likeness (QED) is 0.708. The topological polar surface area (TPSA) is 76.8 Å². The number of rotatable bonds is 3. The number of pyridine rings is 1. The van der Waals surface area contributed by atoms with Crippen molar-refractivity contribution in [1.29, 1.82) is 0 Å². The first kappa shape index (κ1) is 16.4. The second kappa shape index (κ2) is 6.40. The van der Waals surface area contributed by atoms with Crippen LogP contribution in [0.3, 0.4) is 0 Å². The molecule has 1 aliphatic carbocycles. The molecule has 138 valence electrons. The van der Waals surface area contributed by atoms with Crippen LogP contribution in [0.15, 0.2) is 29.3 Å². The Kier molecular flexibility index (Phi) is 3.88. The molecule has 0 bridgehead atoms. The molecule has 3 aromatic rings. The molecule has 7 nitrogen and oxygen atoms in total. The average molecular weight is 362 g/mol. The Morgan fingerprint density at radius 1 is 1.19 bits per heavy atom. The van der Waals surface area contributed by atoms with E-state index in [1.54, 1.807) is 23.1 Å². The van der Waals surface area contributed by atoms with Crippen LogP contribution < -0.4 is 10.5 Å². The fraction of sp³-hybridized carbons (Fsp3) is 0.450. The zero-order valence-electron chi connectivity index (χ0n) is 15.4. The van der Waals surface area contributed by atoms with E-state index >= 15 is 0 Å². The zero-order valence-corrected chi connectivity index (χ0v) is 15.4. The van der Waals surface area contributed by atoms with Gasteiger partial charge in [-0.25, -0.2) is 14.6 Å². The maximum Gasteiger partial charge on any atom is 0.267 e. The third-order valence-corrected chi connectivity index (χ3v) is 5.55. The summed E-state index contributed by atoms with van der Waals surface area (Å²) in [5, 5.41) is 5.67. The minimum absolute atomic E-state index is 0.0310. The standard InChI is InChI=1S/C20H22N6O/c1-13-22-18-9-21-7-6-16(18)20(23-13)25-10-14(11-25)12-26-19(27)8-15-4-2-3-5-17(15)24-26/h6-9,14H,2-5,10-12H2,1H3. The second-order valence-electron chi connectivity index (χ2n) is 7.60. The van der Waals surface area contributed by atoms with E-state index in [1.807, 2.05) is 13.0 Å². The van der Waals surface area contributed by atoms with E-state index in [0.717, 1.165) is 66.2 Å². The molecule has 1 saturated heterocycles. The van der Waals surface area contributed by atoms with Gasteiger partial charge < -0.3 is 4.90 Å². The summed E-state index contributed by atoms with van der Waals surface area (Å²) >= 11 is 0. The fourth-order valence-corrected chi connectivity index (χ4v) is 4.15. The molecule has 3 aromatic heterocycles. The summed E-state index contributed by atoms with van der Waals surface area (Å²) in [6.07, 6.45) is 7.87. The lowest BCUT2D eigenvalue weighted by Crippen LogP contribution is -2.50. The van der Waals surface area contributed by atoms with Crippen LogP contribution in [-0.4, -0.2) is 37.8 Å². The highest BCUT2D eigenvalue weighted by Crippen LogP contribution is 2.29. The summed E-state index contributed by atoms with van der Waals surface area (Å²) in [7, 11) is 0. The van der Waals surface area contributed by atoms with E-state index in [1.165, 1.54) is 6.42 Å². The molecule has 0 amide bonds.